The lowest BCUT2D eigenvalue weighted by molar-refractivity contribution is 0.0223. The molecule has 2 atom stereocenters. The lowest BCUT2D eigenvalue weighted by Gasteiger charge is -2.29. The Morgan fingerprint density at radius 1 is 1.14 bits per heavy atom. The molecule has 0 bridgehead atoms. The van der Waals surface area contributed by atoms with Crippen molar-refractivity contribution in [2.45, 2.75) is 51.4 Å². The predicted molar refractivity (Wildman–Crippen MR) is 104 cm³/mol. The number of ether oxygens (including phenoxy) is 3. The SMILES string of the molecule is COc1cc(OC)cc(C(=O)N[C@@H]2CN(C(=O)OC(C)(C)C)CCC[C@H]2O)c1. The third kappa shape index (κ3) is 6.02. The van der Waals surface area contributed by atoms with Gasteiger partial charge in [-0.15, -0.1) is 0 Å². The van der Waals surface area contributed by atoms with Crippen molar-refractivity contribution in [2.75, 3.05) is 27.3 Å². The molecule has 156 valence electrons. The number of likely N-dealkylation sites (tertiary alicyclic amines) is 1. The standard InChI is InChI=1S/C20H30N2O6/c1-20(2,3)28-19(25)22-8-6-7-17(23)16(12-22)21-18(24)13-9-14(26-4)11-15(10-13)27-5/h9-11,16-17,23H,6-8,12H2,1-5H3,(H,21,24)/t16-,17-/m1/s1. The fraction of sp³-hybridized carbons (Fsp3) is 0.600. The van der Waals surface area contributed by atoms with Gasteiger partial charge in [-0.2, -0.15) is 0 Å². The van der Waals surface area contributed by atoms with E-state index in [-0.39, 0.29) is 12.5 Å². The number of methoxy groups -OCH3 is 2. The summed E-state index contributed by atoms with van der Waals surface area (Å²) >= 11 is 0. The number of carbonyl (C=O) groups is 2. The van der Waals surface area contributed by atoms with E-state index >= 15 is 0 Å². The highest BCUT2D eigenvalue weighted by Gasteiger charge is 2.31. The summed E-state index contributed by atoms with van der Waals surface area (Å²) in [5.41, 5.74) is -0.269. The highest BCUT2D eigenvalue weighted by molar-refractivity contribution is 5.95. The number of aliphatic hydroxyl groups is 1. The Bertz CT molecular complexity index is 678. The lowest BCUT2D eigenvalue weighted by Crippen LogP contribution is -2.50. The topological polar surface area (TPSA) is 97.3 Å². The number of nitrogens with zero attached hydrogens (tertiary/aromatic N) is 1. The van der Waals surface area contributed by atoms with Crippen molar-refractivity contribution in [1.29, 1.82) is 0 Å². The van der Waals surface area contributed by atoms with Gasteiger partial charge in [0.25, 0.3) is 5.91 Å². The van der Waals surface area contributed by atoms with Crippen molar-refractivity contribution in [3.63, 3.8) is 0 Å². The van der Waals surface area contributed by atoms with E-state index < -0.39 is 23.8 Å². The van der Waals surface area contributed by atoms with Gasteiger partial charge in [0.1, 0.15) is 17.1 Å². The number of amides is 2. The average Bonchev–Trinajstić information content (AvgIpc) is 2.81. The zero-order valence-corrected chi connectivity index (χ0v) is 17.2. The molecule has 1 aliphatic rings. The summed E-state index contributed by atoms with van der Waals surface area (Å²) in [6, 6.07) is 4.24. The molecular weight excluding hydrogens is 364 g/mol. The minimum Gasteiger partial charge on any atom is -0.497 e. The Hall–Kier alpha value is -2.48. The van der Waals surface area contributed by atoms with Gasteiger partial charge in [0.15, 0.2) is 0 Å². The molecule has 1 heterocycles. The Morgan fingerprint density at radius 2 is 1.75 bits per heavy atom. The van der Waals surface area contributed by atoms with E-state index in [9.17, 15) is 14.7 Å². The molecule has 28 heavy (non-hydrogen) atoms. The van der Waals surface area contributed by atoms with E-state index in [0.29, 0.717) is 36.4 Å². The second-order valence-corrected chi connectivity index (χ2v) is 7.82. The van der Waals surface area contributed by atoms with Gasteiger partial charge in [-0.1, -0.05) is 0 Å². The molecular formula is C20H30N2O6. The number of benzene rings is 1. The van der Waals surface area contributed by atoms with Gasteiger partial charge >= 0.3 is 6.09 Å². The third-order valence-electron chi connectivity index (χ3n) is 4.39. The van der Waals surface area contributed by atoms with Crippen LogP contribution in [-0.4, -0.2) is 67.1 Å². The molecule has 0 aliphatic carbocycles. The predicted octanol–water partition coefficient (Wildman–Crippen LogP) is 2.19. The van der Waals surface area contributed by atoms with Crippen molar-refractivity contribution < 1.29 is 28.9 Å². The Morgan fingerprint density at radius 3 is 2.29 bits per heavy atom. The Kier molecular flexibility index (Phi) is 7.12. The smallest absolute Gasteiger partial charge is 0.410 e. The molecule has 1 fully saturated rings. The first-order valence-electron chi connectivity index (χ1n) is 9.33. The van der Waals surface area contributed by atoms with E-state index in [1.807, 2.05) is 0 Å². The molecule has 1 saturated heterocycles. The molecule has 1 aromatic carbocycles. The van der Waals surface area contributed by atoms with Crippen molar-refractivity contribution in [1.82, 2.24) is 10.2 Å². The zero-order chi connectivity index (χ0) is 20.9. The van der Waals surface area contributed by atoms with Crippen LogP contribution < -0.4 is 14.8 Å². The summed E-state index contributed by atoms with van der Waals surface area (Å²) in [4.78, 5) is 26.7. The third-order valence-corrected chi connectivity index (χ3v) is 4.39. The van der Waals surface area contributed by atoms with Crippen molar-refractivity contribution in [2.24, 2.45) is 0 Å². The van der Waals surface area contributed by atoms with Crippen LogP contribution in [0.3, 0.4) is 0 Å². The quantitative estimate of drug-likeness (QED) is 0.813. The maximum atomic E-state index is 12.7. The number of carbonyl (C=O) groups excluding carboxylic acids is 2. The van der Waals surface area contributed by atoms with Crippen LogP contribution >= 0.6 is 0 Å². The molecule has 0 saturated carbocycles. The minimum atomic E-state index is -0.760. The second kappa shape index (κ2) is 9.14. The molecule has 2 N–H and O–H groups in total. The number of nitrogens with one attached hydrogen (secondary N) is 1. The second-order valence-electron chi connectivity index (χ2n) is 7.82. The van der Waals surface area contributed by atoms with Gasteiger partial charge in [0, 0.05) is 24.7 Å². The first-order valence-corrected chi connectivity index (χ1v) is 9.33. The summed E-state index contributed by atoms with van der Waals surface area (Å²) in [6.45, 7) is 6.03. The first-order chi connectivity index (χ1) is 13.1. The molecule has 8 heteroatoms. The van der Waals surface area contributed by atoms with Crippen molar-refractivity contribution in [3.05, 3.63) is 23.8 Å². The van der Waals surface area contributed by atoms with Gasteiger partial charge in [-0.3, -0.25) is 4.79 Å². The highest BCUT2D eigenvalue weighted by atomic mass is 16.6. The van der Waals surface area contributed by atoms with Crippen LogP contribution in [0, 0.1) is 0 Å². The Labute approximate surface area is 165 Å². The van der Waals surface area contributed by atoms with Crippen LogP contribution in [0.25, 0.3) is 0 Å². The van der Waals surface area contributed by atoms with E-state index in [1.165, 1.54) is 19.1 Å². The maximum absolute atomic E-state index is 12.7. The normalized spacial score (nSPS) is 20.1. The molecule has 2 amide bonds. The molecule has 1 aromatic rings. The Balaban J connectivity index is 2.13. The van der Waals surface area contributed by atoms with Crippen molar-refractivity contribution >= 4 is 12.0 Å². The van der Waals surface area contributed by atoms with Gasteiger partial charge < -0.3 is 29.5 Å². The maximum Gasteiger partial charge on any atom is 0.410 e. The van der Waals surface area contributed by atoms with Gasteiger partial charge in [0.2, 0.25) is 0 Å². The molecule has 0 spiro atoms. The summed E-state index contributed by atoms with van der Waals surface area (Å²) in [6.07, 6.45) is -0.112. The number of hydrogen-bond donors (Lipinski definition) is 2. The van der Waals surface area contributed by atoms with E-state index in [2.05, 4.69) is 5.32 Å². The van der Waals surface area contributed by atoms with E-state index in [0.717, 1.165) is 0 Å². The molecule has 1 aliphatic heterocycles. The van der Waals surface area contributed by atoms with E-state index in [1.54, 1.807) is 39.0 Å². The summed E-state index contributed by atoms with van der Waals surface area (Å²) in [7, 11) is 3.01. The number of hydrogen-bond acceptors (Lipinski definition) is 6. The summed E-state index contributed by atoms with van der Waals surface area (Å²) < 4.78 is 15.8. The van der Waals surface area contributed by atoms with E-state index in [4.69, 9.17) is 14.2 Å². The van der Waals surface area contributed by atoms with Gasteiger partial charge in [-0.25, -0.2) is 4.79 Å². The van der Waals surface area contributed by atoms with Crippen LogP contribution in [0.1, 0.15) is 44.0 Å². The largest absolute Gasteiger partial charge is 0.497 e. The highest BCUT2D eigenvalue weighted by Crippen LogP contribution is 2.23. The van der Waals surface area contributed by atoms with Gasteiger partial charge in [-0.05, 0) is 45.7 Å². The van der Waals surface area contributed by atoms with Crippen LogP contribution in [0.5, 0.6) is 11.5 Å². The average molecular weight is 394 g/mol. The summed E-state index contributed by atoms with van der Waals surface area (Å²) in [5, 5.41) is 13.3. The minimum absolute atomic E-state index is 0.170. The number of aliphatic hydroxyl groups excluding tert-OH is 1. The molecule has 0 aromatic heterocycles. The van der Waals surface area contributed by atoms with Crippen LogP contribution in [0.15, 0.2) is 18.2 Å². The fourth-order valence-corrected chi connectivity index (χ4v) is 2.97. The molecule has 8 nitrogen and oxygen atoms in total. The fourth-order valence-electron chi connectivity index (χ4n) is 2.97. The molecule has 0 radical (unpaired) electrons. The number of rotatable bonds is 4. The monoisotopic (exact) mass is 394 g/mol. The van der Waals surface area contributed by atoms with Crippen molar-refractivity contribution in [3.8, 4) is 11.5 Å². The first kappa shape index (κ1) is 21.8. The van der Waals surface area contributed by atoms with Crippen LogP contribution in [0.2, 0.25) is 0 Å². The molecule has 0 unspecified atom stereocenters. The van der Waals surface area contributed by atoms with Crippen LogP contribution in [0.4, 0.5) is 4.79 Å². The van der Waals surface area contributed by atoms with Crippen LogP contribution in [-0.2, 0) is 4.74 Å². The lowest BCUT2D eigenvalue weighted by atomic mass is 10.1. The summed E-state index contributed by atoms with van der Waals surface area (Å²) in [5.74, 6) is 0.592. The zero-order valence-electron chi connectivity index (χ0n) is 17.2. The van der Waals surface area contributed by atoms with Gasteiger partial charge in [0.05, 0.1) is 26.4 Å². The molecule has 2 rings (SSSR count).